The number of piperidine rings is 1. The molecular formula is C19H24F2N2O2. The number of fused-ring (bicyclic) bond motifs is 1. The maximum absolute atomic E-state index is 13.3. The van der Waals surface area contributed by atoms with Gasteiger partial charge in [-0.2, -0.15) is 0 Å². The Morgan fingerprint density at radius 2 is 2.08 bits per heavy atom. The summed E-state index contributed by atoms with van der Waals surface area (Å²) >= 11 is 0. The summed E-state index contributed by atoms with van der Waals surface area (Å²) in [7, 11) is 0. The number of nitrogens with one attached hydrogen (secondary N) is 2. The molecule has 1 saturated heterocycles. The molecule has 4 nitrogen and oxygen atoms in total. The summed E-state index contributed by atoms with van der Waals surface area (Å²) in [5.41, 5.74) is 0.109. The van der Waals surface area contributed by atoms with Gasteiger partial charge in [-0.15, -0.1) is 0 Å². The number of carbonyl (C=O) groups excluding carboxylic acids is 2. The third-order valence-corrected chi connectivity index (χ3v) is 5.48. The topological polar surface area (TPSA) is 58.2 Å². The van der Waals surface area contributed by atoms with Crippen molar-refractivity contribution < 1.29 is 18.4 Å². The molecule has 2 fully saturated rings. The van der Waals surface area contributed by atoms with E-state index in [1.807, 2.05) is 0 Å². The van der Waals surface area contributed by atoms with E-state index in [0.717, 1.165) is 37.8 Å². The highest BCUT2D eigenvalue weighted by Gasteiger charge is 2.40. The zero-order valence-electron chi connectivity index (χ0n) is 14.4. The zero-order chi connectivity index (χ0) is 18.0. The van der Waals surface area contributed by atoms with Gasteiger partial charge in [0.15, 0.2) is 11.6 Å². The summed E-state index contributed by atoms with van der Waals surface area (Å²) in [5, 5.41) is 5.96. The molecule has 2 N–H and O–H groups in total. The van der Waals surface area contributed by atoms with Crippen molar-refractivity contribution in [2.75, 3.05) is 0 Å². The van der Waals surface area contributed by atoms with E-state index in [0.29, 0.717) is 24.7 Å². The van der Waals surface area contributed by atoms with Crippen molar-refractivity contribution in [3.8, 4) is 0 Å². The fourth-order valence-corrected chi connectivity index (χ4v) is 4.30. The predicted octanol–water partition coefficient (Wildman–Crippen LogP) is 3.17. The summed E-state index contributed by atoms with van der Waals surface area (Å²) in [6.45, 7) is 2.13. The van der Waals surface area contributed by atoms with Gasteiger partial charge in [-0.25, -0.2) is 8.78 Å². The minimum atomic E-state index is -1.03. The molecule has 1 aliphatic carbocycles. The van der Waals surface area contributed by atoms with Crippen LogP contribution in [0.2, 0.25) is 0 Å². The summed E-state index contributed by atoms with van der Waals surface area (Å²) in [6.07, 6.45) is 5.20. The van der Waals surface area contributed by atoms with Crippen molar-refractivity contribution in [2.45, 2.75) is 57.5 Å². The van der Waals surface area contributed by atoms with Crippen LogP contribution < -0.4 is 10.6 Å². The molecule has 0 bridgehead atoms. The lowest BCUT2D eigenvalue weighted by atomic mass is 9.70. The van der Waals surface area contributed by atoms with E-state index in [1.54, 1.807) is 0 Å². The van der Waals surface area contributed by atoms with E-state index in [9.17, 15) is 18.4 Å². The van der Waals surface area contributed by atoms with E-state index >= 15 is 0 Å². The maximum Gasteiger partial charge on any atom is 0.251 e. The first-order chi connectivity index (χ1) is 12.0. The van der Waals surface area contributed by atoms with Crippen molar-refractivity contribution >= 4 is 11.8 Å². The van der Waals surface area contributed by atoms with Gasteiger partial charge in [-0.1, -0.05) is 13.3 Å². The average Bonchev–Trinajstić information content (AvgIpc) is 2.57. The molecular weight excluding hydrogens is 326 g/mol. The van der Waals surface area contributed by atoms with E-state index in [4.69, 9.17) is 0 Å². The second-order valence-corrected chi connectivity index (χ2v) is 7.20. The van der Waals surface area contributed by atoms with E-state index in [1.165, 1.54) is 6.07 Å². The number of amides is 2. The monoisotopic (exact) mass is 350 g/mol. The van der Waals surface area contributed by atoms with E-state index in [-0.39, 0.29) is 23.6 Å². The van der Waals surface area contributed by atoms with Gasteiger partial charge in [0.2, 0.25) is 5.91 Å². The smallest absolute Gasteiger partial charge is 0.251 e. The first kappa shape index (κ1) is 17.8. The molecule has 4 unspecified atom stereocenters. The van der Waals surface area contributed by atoms with Crippen molar-refractivity contribution in [3.05, 3.63) is 35.4 Å². The number of hydrogen-bond donors (Lipinski definition) is 2. The first-order valence-corrected chi connectivity index (χ1v) is 9.03. The van der Waals surface area contributed by atoms with Crippen LogP contribution in [0.5, 0.6) is 0 Å². The molecule has 4 atom stereocenters. The molecule has 1 saturated carbocycles. The van der Waals surface area contributed by atoms with Crippen LogP contribution in [0.1, 0.15) is 55.8 Å². The molecule has 1 aromatic rings. The van der Waals surface area contributed by atoms with Gasteiger partial charge in [0.1, 0.15) is 0 Å². The summed E-state index contributed by atoms with van der Waals surface area (Å²) in [6, 6.07) is 3.16. The quantitative estimate of drug-likeness (QED) is 0.876. The Kier molecular flexibility index (Phi) is 5.35. The number of hydrogen-bond acceptors (Lipinski definition) is 2. The van der Waals surface area contributed by atoms with Gasteiger partial charge < -0.3 is 10.6 Å². The number of carbonyl (C=O) groups is 2. The van der Waals surface area contributed by atoms with Crippen LogP contribution in [0.4, 0.5) is 8.78 Å². The van der Waals surface area contributed by atoms with Crippen LogP contribution in [0.3, 0.4) is 0 Å². The highest BCUT2D eigenvalue weighted by Crippen LogP contribution is 2.37. The van der Waals surface area contributed by atoms with Crippen molar-refractivity contribution in [2.24, 2.45) is 11.8 Å². The Morgan fingerprint density at radius 1 is 1.28 bits per heavy atom. The molecule has 2 aliphatic rings. The molecule has 0 aromatic heterocycles. The standard InChI is InChI=1S/C19H24F2N2O2/c1-2-3-11-9-18(24)23-17-10-13(5-6-14(11)17)22-19(25)12-4-7-15(20)16(21)8-12/h4,7-8,11,13-14,17H,2-3,5-6,9-10H2,1H3,(H,22,25)(H,23,24). The van der Waals surface area contributed by atoms with Crippen LogP contribution >= 0.6 is 0 Å². The lowest BCUT2D eigenvalue weighted by Gasteiger charge is -2.44. The fourth-order valence-electron chi connectivity index (χ4n) is 4.30. The van der Waals surface area contributed by atoms with E-state index < -0.39 is 17.5 Å². The molecule has 0 spiro atoms. The Hall–Kier alpha value is -1.98. The minimum absolute atomic E-state index is 0.0671. The summed E-state index contributed by atoms with van der Waals surface area (Å²) in [5.74, 6) is -1.43. The Balaban J connectivity index is 1.63. The molecule has 1 aromatic carbocycles. The fraction of sp³-hybridized carbons (Fsp3) is 0.579. The predicted molar refractivity (Wildman–Crippen MR) is 89.9 cm³/mol. The number of benzene rings is 1. The van der Waals surface area contributed by atoms with Crippen LogP contribution in [-0.4, -0.2) is 23.9 Å². The van der Waals surface area contributed by atoms with Crippen molar-refractivity contribution in [1.82, 2.24) is 10.6 Å². The third-order valence-electron chi connectivity index (χ3n) is 5.48. The molecule has 25 heavy (non-hydrogen) atoms. The van der Waals surface area contributed by atoms with Crippen LogP contribution in [-0.2, 0) is 4.79 Å². The normalized spacial score (nSPS) is 28.8. The van der Waals surface area contributed by atoms with Crippen LogP contribution in [0, 0.1) is 23.5 Å². The van der Waals surface area contributed by atoms with Gasteiger partial charge in [-0.3, -0.25) is 9.59 Å². The lowest BCUT2D eigenvalue weighted by molar-refractivity contribution is -0.127. The number of rotatable bonds is 4. The summed E-state index contributed by atoms with van der Waals surface area (Å²) < 4.78 is 26.3. The highest BCUT2D eigenvalue weighted by molar-refractivity contribution is 5.94. The van der Waals surface area contributed by atoms with Gasteiger partial charge in [0.25, 0.3) is 5.91 Å². The molecule has 1 aliphatic heterocycles. The molecule has 3 rings (SSSR count). The second kappa shape index (κ2) is 7.50. The maximum atomic E-state index is 13.3. The Morgan fingerprint density at radius 3 is 2.80 bits per heavy atom. The zero-order valence-corrected chi connectivity index (χ0v) is 14.4. The van der Waals surface area contributed by atoms with Gasteiger partial charge >= 0.3 is 0 Å². The summed E-state index contributed by atoms with van der Waals surface area (Å²) in [4.78, 5) is 24.2. The van der Waals surface area contributed by atoms with E-state index in [2.05, 4.69) is 17.6 Å². The average molecular weight is 350 g/mol. The molecule has 6 heteroatoms. The van der Waals surface area contributed by atoms with Crippen LogP contribution in [0.15, 0.2) is 18.2 Å². The van der Waals surface area contributed by atoms with Gasteiger partial charge in [0.05, 0.1) is 0 Å². The third kappa shape index (κ3) is 3.99. The van der Waals surface area contributed by atoms with Gasteiger partial charge in [0, 0.05) is 24.1 Å². The molecule has 1 heterocycles. The van der Waals surface area contributed by atoms with Crippen molar-refractivity contribution in [3.63, 3.8) is 0 Å². The first-order valence-electron chi connectivity index (χ1n) is 9.03. The minimum Gasteiger partial charge on any atom is -0.353 e. The largest absolute Gasteiger partial charge is 0.353 e. The SMILES string of the molecule is CCCC1CC(=O)NC2CC(NC(=O)c3ccc(F)c(F)c3)CCC12. The highest BCUT2D eigenvalue weighted by atomic mass is 19.2. The van der Waals surface area contributed by atoms with Crippen molar-refractivity contribution in [1.29, 1.82) is 0 Å². The Bertz CT molecular complexity index is 665. The van der Waals surface area contributed by atoms with Crippen LogP contribution in [0.25, 0.3) is 0 Å². The molecule has 136 valence electrons. The second-order valence-electron chi connectivity index (χ2n) is 7.20. The molecule has 0 radical (unpaired) electrons. The number of halogens is 2. The Labute approximate surface area is 146 Å². The lowest BCUT2D eigenvalue weighted by Crippen LogP contribution is -2.55. The van der Waals surface area contributed by atoms with Gasteiger partial charge in [-0.05, 0) is 55.7 Å². The molecule has 2 amide bonds.